The molecule has 0 aliphatic carbocycles. The van der Waals surface area contributed by atoms with Gasteiger partial charge in [0, 0.05) is 38.4 Å². The van der Waals surface area contributed by atoms with Gasteiger partial charge < -0.3 is 25.0 Å². The number of aromatic nitrogens is 5. The molecule has 3 N–H and O–H groups in total. The number of pyridine rings is 1. The molecule has 220 valence electrons. The summed E-state index contributed by atoms with van der Waals surface area (Å²) in [6.07, 6.45) is 3.37. The normalized spacial score (nSPS) is 16.7. The molecule has 0 bridgehead atoms. The van der Waals surface area contributed by atoms with Crippen molar-refractivity contribution in [1.29, 1.82) is 0 Å². The summed E-state index contributed by atoms with van der Waals surface area (Å²) in [7, 11) is 3.19. The number of benzene rings is 2. The van der Waals surface area contributed by atoms with Crippen LogP contribution >= 0.6 is 0 Å². The number of anilines is 1. The van der Waals surface area contributed by atoms with Crippen LogP contribution in [0.15, 0.2) is 60.9 Å². The van der Waals surface area contributed by atoms with Crippen molar-refractivity contribution in [2.24, 2.45) is 12.8 Å². The Morgan fingerprint density at radius 3 is 2.65 bits per heavy atom. The zero-order valence-corrected chi connectivity index (χ0v) is 23.5. The van der Waals surface area contributed by atoms with E-state index < -0.39 is 11.6 Å². The van der Waals surface area contributed by atoms with Gasteiger partial charge in [-0.05, 0) is 48.4 Å². The van der Waals surface area contributed by atoms with Crippen LogP contribution in [0.25, 0.3) is 33.9 Å². The second kappa shape index (κ2) is 11.5. The van der Waals surface area contributed by atoms with Crippen molar-refractivity contribution in [2.75, 3.05) is 25.2 Å². The molecule has 4 heterocycles. The van der Waals surface area contributed by atoms with Crippen LogP contribution < -0.4 is 15.4 Å². The summed E-state index contributed by atoms with van der Waals surface area (Å²) in [5.74, 6) is -0.841. The lowest BCUT2D eigenvalue weighted by Crippen LogP contribution is -2.34. The number of aliphatic hydroxyl groups is 1. The molecule has 1 aliphatic rings. The number of aryl methyl sites for hydroxylation is 1. The largest absolute Gasteiger partial charge is 0.496 e. The summed E-state index contributed by atoms with van der Waals surface area (Å²) >= 11 is 0. The Morgan fingerprint density at radius 1 is 1.07 bits per heavy atom. The predicted octanol–water partition coefficient (Wildman–Crippen LogP) is 3.70. The number of nitrogens with two attached hydrogens (primary N) is 1. The SMILES string of the molecule is COc1cccc(F)c1-c1nccc(C(=O)Cc2ccc3c(nc(-c4ncccc4F)n3C)c2N2C[C@H](N)C[C@H]2CO)n1. The average molecular weight is 586 g/mol. The molecular weight excluding hydrogens is 556 g/mol. The first-order valence-electron chi connectivity index (χ1n) is 13.7. The van der Waals surface area contributed by atoms with E-state index in [2.05, 4.69) is 15.0 Å². The molecular formula is C31H29F2N7O3. The van der Waals surface area contributed by atoms with Crippen LogP contribution in [0.1, 0.15) is 22.5 Å². The molecule has 1 saturated heterocycles. The van der Waals surface area contributed by atoms with Crippen molar-refractivity contribution in [2.45, 2.75) is 24.9 Å². The standard InChI is InChI=1S/C31H29F2N7O3/c1-39-23-9-8-17(13-24(42)22-10-12-36-30(37-22)26-20(32)5-3-7-25(26)43-2)29(40-15-18(34)14-19(40)16-41)28(23)38-31(39)27-21(33)6-4-11-35-27/h3-12,18-19,41H,13-16,34H2,1-2H3/t18-,19+/m1/s1. The summed E-state index contributed by atoms with van der Waals surface area (Å²) in [6, 6.07) is 11.8. The number of methoxy groups -OCH3 is 1. The average Bonchev–Trinajstić information content (AvgIpc) is 3.55. The van der Waals surface area contributed by atoms with Crippen molar-refractivity contribution in [3.63, 3.8) is 0 Å². The second-order valence-corrected chi connectivity index (χ2v) is 10.4. The van der Waals surface area contributed by atoms with E-state index >= 15 is 0 Å². The highest BCUT2D eigenvalue weighted by Crippen LogP contribution is 2.38. The third kappa shape index (κ3) is 5.08. The van der Waals surface area contributed by atoms with Crippen LogP contribution in [-0.2, 0) is 13.5 Å². The monoisotopic (exact) mass is 585 g/mol. The minimum absolute atomic E-state index is 0.0223. The molecule has 1 aliphatic heterocycles. The second-order valence-electron chi connectivity index (χ2n) is 10.4. The topological polar surface area (TPSA) is 132 Å². The smallest absolute Gasteiger partial charge is 0.185 e. The zero-order valence-electron chi connectivity index (χ0n) is 23.5. The Hall–Kier alpha value is -4.81. The van der Waals surface area contributed by atoms with Crippen molar-refractivity contribution in [3.8, 4) is 28.7 Å². The van der Waals surface area contributed by atoms with Gasteiger partial charge >= 0.3 is 0 Å². The van der Waals surface area contributed by atoms with Gasteiger partial charge in [-0.1, -0.05) is 12.1 Å². The number of hydrogen-bond acceptors (Lipinski definition) is 9. The third-order valence-corrected chi connectivity index (χ3v) is 7.74. The molecule has 1 fully saturated rings. The van der Waals surface area contributed by atoms with E-state index in [0.717, 1.165) is 0 Å². The number of hydrogen-bond donors (Lipinski definition) is 2. The summed E-state index contributed by atoms with van der Waals surface area (Å²) in [6.45, 7) is 0.284. The Bertz CT molecular complexity index is 1840. The van der Waals surface area contributed by atoms with E-state index in [1.165, 1.54) is 49.8 Å². The first-order chi connectivity index (χ1) is 20.8. The highest BCUT2D eigenvalue weighted by Gasteiger charge is 2.34. The van der Waals surface area contributed by atoms with Gasteiger partial charge in [0.25, 0.3) is 0 Å². The van der Waals surface area contributed by atoms with E-state index in [-0.39, 0.29) is 59.4 Å². The first kappa shape index (κ1) is 28.3. The van der Waals surface area contributed by atoms with Crippen molar-refractivity contribution >= 4 is 22.5 Å². The van der Waals surface area contributed by atoms with Gasteiger partial charge in [-0.25, -0.2) is 28.7 Å². The van der Waals surface area contributed by atoms with Crippen molar-refractivity contribution < 1.29 is 23.4 Å². The number of ketones is 1. The third-order valence-electron chi connectivity index (χ3n) is 7.74. The molecule has 5 aromatic rings. The van der Waals surface area contributed by atoms with E-state index in [0.29, 0.717) is 41.1 Å². The van der Waals surface area contributed by atoms with Crippen LogP contribution in [0.4, 0.5) is 14.5 Å². The quantitative estimate of drug-likeness (QED) is 0.262. The Labute approximate surface area is 245 Å². The molecule has 3 aromatic heterocycles. The van der Waals surface area contributed by atoms with Crippen LogP contribution in [0.2, 0.25) is 0 Å². The fourth-order valence-electron chi connectivity index (χ4n) is 5.70. The summed E-state index contributed by atoms with van der Waals surface area (Å²) in [5.41, 5.74) is 9.02. The summed E-state index contributed by atoms with van der Waals surface area (Å²) < 4.78 is 36.5. The van der Waals surface area contributed by atoms with Gasteiger partial charge in [0.1, 0.15) is 28.5 Å². The number of fused-ring (bicyclic) bond motifs is 1. The van der Waals surface area contributed by atoms with Crippen LogP contribution in [0.5, 0.6) is 5.75 Å². The molecule has 0 amide bonds. The predicted molar refractivity (Wildman–Crippen MR) is 157 cm³/mol. The number of carbonyl (C=O) groups excluding carboxylic acids is 1. The lowest BCUT2D eigenvalue weighted by Gasteiger charge is -2.28. The number of rotatable bonds is 8. The van der Waals surface area contributed by atoms with Crippen molar-refractivity contribution in [3.05, 3.63) is 83.8 Å². The van der Waals surface area contributed by atoms with Crippen molar-refractivity contribution in [1.82, 2.24) is 24.5 Å². The Balaban J connectivity index is 1.45. The molecule has 2 atom stereocenters. The molecule has 0 spiro atoms. The summed E-state index contributed by atoms with van der Waals surface area (Å²) in [4.78, 5) is 33.2. The molecule has 43 heavy (non-hydrogen) atoms. The maximum atomic E-state index is 14.8. The fraction of sp³-hybridized carbons (Fsp3) is 0.258. The molecule has 10 nitrogen and oxygen atoms in total. The summed E-state index contributed by atoms with van der Waals surface area (Å²) in [5, 5.41) is 10.2. The van der Waals surface area contributed by atoms with E-state index in [1.807, 2.05) is 17.0 Å². The number of aliphatic hydroxyl groups excluding tert-OH is 1. The van der Waals surface area contributed by atoms with Gasteiger partial charge in [0.15, 0.2) is 23.2 Å². The van der Waals surface area contributed by atoms with Crippen LogP contribution in [0.3, 0.4) is 0 Å². The number of halogens is 2. The van der Waals surface area contributed by atoms with Gasteiger partial charge in [-0.15, -0.1) is 0 Å². The minimum Gasteiger partial charge on any atom is -0.496 e. The van der Waals surface area contributed by atoms with Gasteiger partial charge in [0.2, 0.25) is 0 Å². The lowest BCUT2D eigenvalue weighted by molar-refractivity contribution is 0.0988. The van der Waals surface area contributed by atoms with E-state index in [4.69, 9.17) is 15.5 Å². The number of ether oxygens (including phenoxy) is 1. The number of carbonyl (C=O) groups is 1. The molecule has 0 radical (unpaired) electrons. The molecule has 0 unspecified atom stereocenters. The minimum atomic E-state index is -0.576. The highest BCUT2D eigenvalue weighted by atomic mass is 19.1. The fourth-order valence-corrected chi connectivity index (χ4v) is 5.70. The molecule has 6 rings (SSSR count). The Kier molecular flexibility index (Phi) is 7.55. The van der Waals surface area contributed by atoms with Gasteiger partial charge in [-0.2, -0.15) is 0 Å². The highest BCUT2D eigenvalue weighted by molar-refractivity contribution is 6.00. The maximum Gasteiger partial charge on any atom is 0.185 e. The Morgan fingerprint density at radius 2 is 1.88 bits per heavy atom. The number of imidazole rings is 1. The van der Waals surface area contributed by atoms with E-state index in [1.54, 1.807) is 17.7 Å². The van der Waals surface area contributed by atoms with Crippen LogP contribution in [0, 0.1) is 11.6 Å². The molecule has 0 saturated carbocycles. The van der Waals surface area contributed by atoms with Crippen LogP contribution in [-0.4, -0.2) is 67.7 Å². The van der Waals surface area contributed by atoms with Gasteiger partial charge in [-0.3, -0.25) is 4.79 Å². The lowest BCUT2D eigenvalue weighted by atomic mass is 10.0. The number of nitrogens with zero attached hydrogens (tertiary/aromatic N) is 6. The van der Waals surface area contributed by atoms with Gasteiger partial charge in [0.05, 0.1) is 36.5 Å². The zero-order chi connectivity index (χ0) is 30.2. The molecule has 12 heteroatoms. The molecule has 2 aromatic carbocycles. The van der Waals surface area contributed by atoms with E-state index in [9.17, 15) is 18.7 Å². The first-order valence-corrected chi connectivity index (χ1v) is 13.7. The number of Topliss-reactive ketones (excluding diaryl/α,β-unsaturated/α-hetero) is 1. The maximum absolute atomic E-state index is 14.8.